The monoisotopic (exact) mass is 310 g/mol. The summed E-state index contributed by atoms with van der Waals surface area (Å²) in [5.41, 5.74) is 1.94. The molecule has 0 aliphatic carbocycles. The van der Waals surface area contributed by atoms with Gasteiger partial charge in [0.05, 0.1) is 17.9 Å². The Morgan fingerprint density at radius 3 is 2.61 bits per heavy atom. The molecule has 1 aliphatic heterocycles. The first-order chi connectivity index (χ1) is 11.3. The molecule has 0 saturated carbocycles. The zero-order valence-electron chi connectivity index (χ0n) is 13.1. The summed E-state index contributed by atoms with van der Waals surface area (Å²) in [5, 5.41) is 5.80. The molecular formula is C18H22N4O. The fraction of sp³-hybridized carbons (Fsp3) is 0.333. The van der Waals surface area contributed by atoms with Gasteiger partial charge in [-0.05, 0) is 43.6 Å². The lowest BCUT2D eigenvalue weighted by Gasteiger charge is -2.28. The third-order valence-corrected chi connectivity index (χ3v) is 4.14. The van der Waals surface area contributed by atoms with E-state index in [1.54, 1.807) is 18.5 Å². The van der Waals surface area contributed by atoms with Gasteiger partial charge in [0, 0.05) is 12.7 Å². The second-order valence-corrected chi connectivity index (χ2v) is 5.75. The van der Waals surface area contributed by atoms with E-state index < -0.39 is 0 Å². The highest BCUT2D eigenvalue weighted by Crippen LogP contribution is 2.24. The van der Waals surface area contributed by atoms with Crippen molar-refractivity contribution in [3.8, 4) is 0 Å². The van der Waals surface area contributed by atoms with Gasteiger partial charge in [0.2, 0.25) is 0 Å². The summed E-state index contributed by atoms with van der Waals surface area (Å²) in [4.78, 5) is 18.5. The highest BCUT2D eigenvalue weighted by molar-refractivity contribution is 5.88. The van der Waals surface area contributed by atoms with Crippen molar-refractivity contribution in [1.29, 1.82) is 0 Å². The Balaban J connectivity index is 1.61. The minimum absolute atomic E-state index is 0.196. The number of nitrogens with zero attached hydrogens (tertiary/aromatic N) is 2. The average molecular weight is 310 g/mol. The van der Waals surface area contributed by atoms with Crippen LogP contribution in [0.1, 0.15) is 24.4 Å². The number of rotatable bonds is 5. The number of benzene rings is 1. The van der Waals surface area contributed by atoms with Crippen LogP contribution < -0.4 is 10.6 Å². The maximum atomic E-state index is 12.1. The molecular weight excluding hydrogens is 288 g/mol. The molecule has 1 saturated heterocycles. The minimum Gasteiger partial charge on any atom is -0.336 e. The molecule has 1 atom stereocenters. The SMILES string of the molecule is O=C(NC[C@H](c1ccccc1)N1CCCC1)Nc1cccnc1. The van der Waals surface area contributed by atoms with Crippen molar-refractivity contribution < 1.29 is 4.79 Å². The van der Waals surface area contributed by atoms with Crippen LogP contribution in [0.5, 0.6) is 0 Å². The number of nitrogens with one attached hydrogen (secondary N) is 2. The summed E-state index contributed by atoms with van der Waals surface area (Å²) in [7, 11) is 0. The van der Waals surface area contributed by atoms with Crippen molar-refractivity contribution in [2.45, 2.75) is 18.9 Å². The first-order valence-corrected chi connectivity index (χ1v) is 8.07. The zero-order chi connectivity index (χ0) is 15.9. The normalized spacial score (nSPS) is 16.0. The highest BCUT2D eigenvalue weighted by atomic mass is 16.2. The smallest absolute Gasteiger partial charge is 0.319 e. The number of carbonyl (C=O) groups excluding carboxylic acids is 1. The van der Waals surface area contributed by atoms with Crippen LogP contribution in [-0.4, -0.2) is 35.5 Å². The van der Waals surface area contributed by atoms with E-state index in [4.69, 9.17) is 0 Å². The summed E-state index contributed by atoms with van der Waals surface area (Å²) in [6.07, 6.45) is 5.77. The predicted octanol–water partition coefficient (Wildman–Crippen LogP) is 3.04. The topological polar surface area (TPSA) is 57.3 Å². The summed E-state index contributed by atoms with van der Waals surface area (Å²) in [6, 6.07) is 14.0. The maximum Gasteiger partial charge on any atom is 0.319 e. The number of carbonyl (C=O) groups is 1. The highest BCUT2D eigenvalue weighted by Gasteiger charge is 2.23. The van der Waals surface area contributed by atoms with Gasteiger partial charge in [-0.15, -0.1) is 0 Å². The molecule has 0 radical (unpaired) electrons. The van der Waals surface area contributed by atoms with Crippen molar-refractivity contribution in [2.75, 3.05) is 25.0 Å². The lowest BCUT2D eigenvalue weighted by Crippen LogP contribution is -2.38. The van der Waals surface area contributed by atoms with Gasteiger partial charge >= 0.3 is 6.03 Å². The van der Waals surface area contributed by atoms with Gasteiger partial charge in [0.1, 0.15) is 0 Å². The number of hydrogen-bond acceptors (Lipinski definition) is 3. The van der Waals surface area contributed by atoms with Crippen LogP contribution in [-0.2, 0) is 0 Å². The van der Waals surface area contributed by atoms with E-state index in [2.05, 4.69) is 32.7 Å². The summed E-state index contributed by atoms with van der Waals surface area (Å²) >= 11 is 0. The van der Waals surface area contributed by atoms with E-state index in [-0.39, 0.29) is 12.1 Å². The molecule has 2 amide bonds. The lowest BCUT2D eigenvalue weighted by molar-refractivity contribution is 0.227. The van der Waals surface area contributed by atoms with Gasteiger partial charge in [-0.2, -0.15) is 0 Å². The van der Waals surface area contributed by atoms with Crippen molar-refractivity contribution in [1.82, 2.24) is 15.2 Å². The van der Waals surface area contributed by atoms with Crippen LogP contribution in [0.25, 0.3) is 0 Å². The Morgan fingerprint density at radius 1 is 1.13 bits per heavy atom. The summed E-state index contributed by atoms with van der Waals surface area (Å²) in [5.74, 6) is 0. The number of pyridine rings is 1. The van der Waals surface area contributed by atoms with Crippen LogP contribution in [0, 0.1) is 0 Å². The van der Waals surface area contributed by atoms with Gasteiger partial charge in [-0.25, -0.2) is 4.79 Å². The Bertz CT molecular complexity index is 611. The molecule has 0 spiro atoms. The molecule has 1 aromatic heterocycles. The van der Waals surface area contributed by atoms with E-state index >= 15 is 0 Å². The lowest BCUT2D eigenvalue weighted by atomic mass is 10.1. The number of anilines is 1. The molecule has 1 aliphatic rings. The Labute approximate surface area is 136 Å². The molecule has 0 bridgehead atoms. The summed E-state index contributed by atoms with van der Waals surface area (Å²) < 4.78 is 0. The van der Waals surface area contributed by atoms with Crippen molar-refractivity contribution >= 4 is 11.7 Å². The molecule has 1 fully saturated rings. The molecule has 120 valence electrons. The van der Waals surface area contributed by atoms with Gasteiger partial charge in [-0.1, -0.05) is 30.3 Å². The quantitative estimate of drug-likeness (QED) is 0.892. The first kappa shape index (κ1) is 15.5. The van der Waals surface area contributed by atoms with E-state index in [0.29, 0.717) is 12.2 Å². The Hall–Kier alpha value is -2.40. The van der Waals surface area contributed by atoms with E-state index in [0.717, 1.165) is 13.1 Å². The molecule has 23 heavy (non-hydrogen) atoms. The van der Waals surface area contributed by atoms with Crippen LogP contribution in [0.15, 0.2) is 54.9 Å². The largest absolute Gasteiger partial charge is 0.336 e. The molecule has 2 N–H and O–H groups in total. The van der Waals surface area contributed by atoms with Crippen LogP contribution in [0.2, 0.25) is 0 Å². The van der Waals surface area contributed by atoms with Crippen LogP contribution >= 0.6 is 0 Å². The van der Waals surface area contributed by atoms with E-state index in [1.165, 1.54) is 18.4 Å². The van der Waals surface area contributed by atoms with Crippen molar-refractivity contribution in [2.24, 2.45) is 0 Å². The minimum atomic E-state index is -0.196. The van der Waals surface area contributed by atoms with Gasteiger partial charge in [-0.3, -0.25) is 9.88 Å². The number of amides is 2. The third kappa shape index (κ3) is 4.29. The average Bonchev–Trinajstić information content (AvgIpc) is 3.11. The second-order valence-electron chi connectivity index (χ2n) is 5.75. The number of aromatic nitrogens is 1. The third-order valence-electron chi connectivity index (χ3n) is 4.14. The maximum absolute atomic E-state index is 12.1. The number of urea groups is 1. The van der Waals surface area contributed by atoms with Gasteiger partial charge in [0.25, 0.3) is 0 Å². The molecule has 5 heteroatoms. The zero-order valence-corrected chi connectivity index (χ0v) is 13.1. The molecule has 2 aromatic rings. The Kier molecular flexibility index (Phi) is 5.21. The standard InChI is InChI=1S/C18H22N4O/c23-18(21-16-9-6-10-19-13-16)20-14-17(22-11-4-5-12-22)15-7-2-1-3-8-15/h1-3,6-10,13,17H,4-5,11-12,14H2,(H2,20,21,23)/t17-/m1/s1. The molecule has 5 nitrogen and oxygen atoms in total. The summed E-state index contributed by atoms with van der Waals surface area (Å²) in [6.45, 7) is 2.77. The van der Waals surface area contributed by atoms with Crippen molar-refractivity contribution in [3.63, 3.8) is 0 Å². The van der Waals surface area contributed by atoms with Crippen molar-refractivity contribution in [3.05, 3.63) is 60.4 Å². The molecule has 0 unspecified atom stereocenters. The van der Waals surface area contributed by atoms with Gasteiger partial charge < -0.3 is 10.6 Å². The van der Waals surface area contributed by atoms with Crippen LogP contribution in [0.3, 0.4) is 0 Å². The first-order valence-electron chi connectivity index (χ1n) is 8.07. The number of hydrogen-bond donors (Lipinski definition) is 2. The van der Waals surface area contributed by atoms with E-state index in [1.807, 2.05) is 24.3 Å². The fourth-order valence-corrected chi connectivity index (χ4v) is 2.99. The second kappa shape index (κ2) is 7.74. The molecule has 1 aromatic carbocycles. The van der Waals surface area contributed by atoms with Gasteiger partial charge in [0.15, 0.2) is 0 Å². The molecule has 2 heterocycles. The number of likely N-dealkylation sites (tertiary alicyclic amines) is 1. The van der Waals surface area contributed by atoms with E-state index in [9.17, 15) is 4.79 Å². The predicted molar refractivity (Wildman–Crippen MR) is 91.2 cm³/mol. The fourth-order valence-electron chi connectivity index (χ4n) is 2.99. The molecule has 3 rings (SSSR count). The van der Waals surface area contributed by atoms with Crippen LogP contribution in [0.4, 0.5) is 10.5 Å². The Morgan fingerprint density at radius 2 is 1.91 bits per heavy atom.